The summed E-state index contributed by atoms with van der Waals surface area (Å²) in [6.45, 7) is 1.52. The minimum Gasteiger partial charge on any atom is -0.475 e. The highest BCUT2D eigenvalue weighted by atomic mass is 35.5. The van der Waals surface area contributed by atoms with Crippen LogP contribution in [-0.4, -0.2) is 11.1 Å². The fourth-order valence-corrected chi connectivity index (χ4v) is 2.03. The monoisotopic (exact) mass is 372 g/mol. The Balaban J connectivity index is 2.13. The Labute approximate surface area is 146 Å². The third kappa shape index (κ3) is 4.90. The Morgan fingerprint density at radius 2 is 1.72 bits per heavy atom. The summed E-state index contributed by atoms with van der Waals surface area (Å²) >= 11 is 5.82. The molecule has 0 saturated heterocycles. The Morgan fingerprint density at radius 3 is 2.20 bits per heavy atom. The maximum Gasteiger partial charge on any atom is 0.416 e. The maximum atomic E-state index is 12.6. The number of rotatable bonds is 5. The second-order valence-electron chi connectivity index (χ2n) is 4.78. The SMILES string of the molecule is CC=C(Oc1ccc(Oc2ccc(C(F)(F)F)cc2Cl)cc1)C(=O)O. The van der Waals surface area contributed by atoms with Crippen molar-refractivity contribution in [2.45, 2.75) is 13.1 Å². The van der Waals surface area contributed by atoms with Gasteiger partial charge in [0, 0.05) is 0 Å². The minimum absolute atomic E-state index is 0.0583. The molecule has 1 N–H and O–H groups in total. The molecule has 2 aromatic carbocycles. The first kappa shape index (κ1) is 18.7. The summed E-state index contributed by atoms with van der Waals surface area (Å²) in [5.74, 6) is -0.824. The summed E-state index contributed by atoms with van der Waals surface area (Å²) in [7, 11) is 0. The van der Waals surface area contributed by atoms with Gasteiger partial charge in [-0.2, -0.15) is 13.2 Å². The van der Waals surface area contributed by atoms with Crippen molar-refractivity contribution in [3.63, 3.8) is 0 Å². The van der Waals surface area contributed by atoms with E-state index >= 15 is 0 Å². The molecule has 0 amide bonds. The molecule has 0 aliphatic rings. The average Bonchev–Trinajstić information content (AvgIpc) is 2.54. The van der Waals surface area contributed by atoms with Crippen LogP contribution < -0.4 is 9.47 Å². The molecule has 0 unspecified atom stereocenters. The molecule has 0 fully saturated rings. The van der Waals surface area contributed by atoms with Crippen LogP contribution in [0.3, 0.4) is 0 Å². The third-order valence-corrected chi connectivity index (χ3v) is 3.31. The zero-order valence-electron chi connectivity index (χ0n) is 12.8. The topological polar surface area (TPSA) is 55.8 Å². The lowest BCUT2D eigenvalue weighted by Gasteiger charge is -2.11. The van der Waals surface area contributed by atoms with E-state index in [0.717, 1.165) is 18.2 Å². The van der Waals surface area contributed by atoms with Gasteiger partial charge in [-0.05, 0) is 55.5 Å². The van der Waals surface area contributed by atoms with Crippen molar-refractivity contribution < 1.29 is 32.5 Å². The zero-order valence-corrected chi connectivity index (χ0v) is 13.6. The Hall–Kier alpha value is -2.67. The lowest BCUT2D eigenvalue weighted by atomic mass is 10.2. The highest BCUT2D eigenvalue weighted by Crippen LogP contribution is 2.36. The van der Waals surface area contributed by atoms with E-state index in [1.165, 1.54) is 37.3 Å². The molecule has 0 bridgehead atoms. The van der Waals surface area contributed by atoms with Crippen LogP contribution in [-0.2, 0) is 11.0 Å². The van der Waals surface area contributed by atoms with Crippen molar-refractivity contribution in [2.75, 3.05) is 0 Å². The van der Waals surface area contributed by atoms with Crippen LogP contribution in [0.1, 0.15) is 12.5 Å². The van der Waals surface area contributed by atoms with Crippen molar-refractivity contribution >= 4 is 17.6 Å². The predicted octanol–water partition coefficient (Wildman–Crippen LogP) is 5.52. The molecule has 0 atom stereocenters. The van der Waals surface area contributed by atoms with Crippen molar-refractivity contribution in [3.8, 4) is 17.2 Å². The Kier molecular flexibility index (Phi) is 5.58. The summed E-state index contributed by atoms with van der Waals surface area (Å²) in [5, 5.41) is 8.70. The number of carbonyl (C=O) groups is 1. The Bertz CT molecular complexity index is 799. The molecule has 0 heterocycles. The van der Waals surface area contributed by atoms with E-state index in [9.17, 15) is 18.0 Å². The van der Waals surface area contributed by atoms with Crippen molar-refractivity contribution in [1.29, 1.82) is 0 Å². The van der Waals surface area contributed by atoms with Crippen LogP contribution in [0, 0.1) is 0 Å². The van der Waals surface area contributed by atoms with E-state index in [1.54, 1.807) is 0 Å². The number of ether oxygens (including phenoxy) is 2. The fourth-order valence-electron chi connectivity index (χ4n) is 1.82. The van der Waals surface area contributed by atoms with Gasteiger partial charge in [0.05, 0.1) is 10.6 Å². The average molecular weight is 373 g/mol. The third-order valence-electron chi connectivity index (χ3n) is 3.01. The van der Waals surface area contributed by atoms with Crippen LogP contribution >= 0.6 is 11.6 Å². The first-order chi connectivity index (χ1) is 11.7. The number of halogens is 4. The van der Waals surface area contributed by atoms with Crippen LogP contribution in [0.4, 0.5) is 13.2 Å². The molecular weight excluding hydrogens is 361 g/mol. The summed E-state index contributed by atoms with van der Waals surface area (Å²) in [4.78, 5) is 10.9. The van der Waals surface area contributed by atoms with Gasteiger partial charge < -0.3 is 14.6 Å². The molecule has 132 valence electrons. The maximum absolute atomic E-state index is 12.6. The number of hydrogen-bond acceptors (Lipinski definition) is 3. The van der Waals surface area contributed by atoms with Crippen molar-refractivity contribution in [2.24, 2.45) is 0 Å². The predicted molar refractivity (Wildman–Crippen MR) is 85.0 cm³/mol. The first-order valence-electron chi connectivity index (χ1n) is 6.93. The van der Waals surface area contributed by atoms with Crippen LogP contribution in [0.2, 0.25) is 5.02 Å². The van der Waals surface area contributed by atoms with Crippen LogP contribution in [0.5, 0.6) is 17.2 Å². The van der Waals surface area contributed by atoms with E-state index in [1.807, 2.05) is 0 Å². The number of aliphatic carboxylic acids is 1. The lowest BCUT2D eigenvalue weighted by molar-refractivity contribution is -0.137. The number of allylic oxidation sites excluding steroid dienone is 1. The lowest BCUT2D eigenvalue weighted by Crippen LogP contribution is -2.07. The van der Waals surface area contributed by atoms with Gasteiger partial charge in [0.25, 0.3) is 0 Å². The molecule has 0 aliphatic heterocycles. The van der Waals surface area contributed by atoms with Gasteiger partial charge in [0.15, 0.2) is 0 Å². The van der Waals surface area contributed by atoms with Gasteiger partial charge in [-0.15, -0.1) is 0 Å². The minimum atomic E-state index is -4.49. The molecule has 0 saturated carbocycles. The zero-order chi connectivity index (χ0) is 18.6. The van der Waals surface area contributed by atoms with E-state index in [0.29, 0.717) is 5.75 Å². The second kappa shape index (κ2) is 7.48. The van der Waals surface area contributed by atoms with Crippen LogP contribution in [0.15, 0.2) is 54.3 Å². The molecule has 2 aromatic rings. The van der Waals surface area contributed by atoms with Gasteiger partial charge in [0.1, 0.15) is 17.2 Å². The summed E-state index contributed by atoms with van der Waals surface area (Å²) in [5.41, 5.74) is -0.874. The number of alkyl halides is 3. The van der Waals surface area contributed by atoms with E-state index in [4.69, 9.17) is 26.2 Å². The van der Waals surface area contributed by atoms with E-state index < -0.39 is 17.7 Å². The molecule has 4 nitrogen and oxygen atoms in total. The molecule has 0 aliphatic carbocycles. The smallest absolute Gasteiger partial charge is 0.416 e. The molecule has 2 rings (SSSR count). The van der Waals surface area contributed by atoms with Crippen LogP contribution in [0.25, 0.3) is 0 Å². The van der Waals surface area contributed by atoms with Crippen molar-refractivity contribution in [1.82, 2.24) is 0 Å². The number of hydrogen-bond donors (Lipinski definition) is 1. The highest BCUT2D eigenvalue weighted by molar-refractivity contribution is 6.32. The van der Waals surface area contributed by atoms with Gasteiger partial charge in [-0.25, -0.2) is 4.79 Å². The van der Waals surface area contributed by atoms with E-state index in [-0.39, 0.29) is 22.3 Å². The number of benzene rings is 2. The first-order valence-corrected chi connectivity index (χ1v) is 7.30. The quantitative estimate of drug-likeness (QED) is 0.554. The molecule has 8 heteroatoms. The van der Waals surface area contributed by atoms with E-state index in [2.05, 4.69) is 0 Å². The summed E-state index contributed by atoms with van der Waals surface area (Å²) < 4.78 is 48.4. The van der Waals surface area contributed by atoms with Crippen molar-refractivity contribution in [3.05, 3.63) is 64.9 Å². The number of carboxylic acid groups (broad SMARTS) is 1. The number of carboxylic acids is 1. The summed E-state index contributed by atoms with van der Waals surface area (Å²) in [6.07, 6.45) is -3.19. The molecule has 0 aromatic heterocycles. The van der Waals surface area contributed by atoms with Gasteiger partial charge in [-0.1, -0.05) is 11.6 Å². The fraction of sp³-hybridized carbons (Fsp3) is 0.118. The van der Waals surface area contributed by atoms with Gasteiger partial charge in [0.2, 0.25) is 5.76 Å². The summed E-state index contributed by atoms with van der Waals surface area (Å²) in [6, 6.07) is 8.62. The second-order valence-corrected chi connectivity index (χ2v) is 5.18. The molecule has 0 spiro atoms. The van der Waals surface area contributed by atoms with Gasteiger partial charge in [-0.3, -0.25) is 0 Å². The van der Waals surface area contributed by atoms with Gasteiger partial charge >= 0.3 is 12.1 Å². The highest BCUT2D eigenvalue weighted by Gasteiger charge is 2.31. The molecule has 25 heavy (non-hydrogen) atoms. The standard InChI is InChI=1S/C17H12ClF3O4/c1-2-14(16(22)23)24-11-4-6-12(7-5-11)25-15-8-3-10(9-13(15)18)17(19,20)21/h2-9H,1H3,(H,22,23). The molecular formula is C17H12ClF3O4. The largest absolute Gasteiger partial charge is 0.475 e. The Morgan fingerprint density at radius 1 is 1.12 bits per heavy atom. The normalized spacial score (nSPS) is 12.0. The molecule has 0 radical (unpaired) electrons.